The highest BCUT2D eigenvalue weighted by molar-refractivity contribution is 5.29. The third-order valence-corrected chi connectivity index (χ3v) is 3.74. The SMILES string of the molecule is COCCN[C@@H](C)c1ccc(OC2CCCC2)cc1. The molecule has 0 saturated heterocycles. The van der Waals surface area contributed by atoms with Gasteiger partial charge in [0.05, 0.1) is 12.7 Å². The number of benzene rings is 1. The maximum atomic E-state index is 5.97. The molecule has 2 rings (SSSR count). The Bertz CT molecular complexity index is 358. The predicted molar refractivity (Wildman–Crippen MR) is 77.6 cm³/mol. The van der Waals surface area contributed by atoms with Crippen LogP contribution in [0, 0.1) is 0 Å². The number of hydrogen-bond donors (Lipinski definition) is 1. The van der Waals surface area contributed by atoms with Crippen LogP contribution < -0.4 is 10.1 Å². The minimum absolute atomic E-state index is 0.343. The molecule has 1 aliphatic rings. The van der Waals surface area contributed by atoms with Crippen LogP contribution in [0.1, 0.15) is 44.2 Å². The van der Waals surface area contributed by atoms with Crippen LogP contribution in [0.5, 0.6) is 5.75 Å². The number of ether oxygens (including phenoxy) is 2. The molecule has 0 bridgehead atoms. The average Bonchev–Trinajstić information content (AvgIpc) is 2.93. The molecular weight excluding hydrogens is 238 g/mol. The zero-order valence-electron chi connectivity index (χ0n) is 12.0. The number of rotatable bonds is 7. The van der Waals surface area contributed by atoms with E-state index in [1.54, 1.807) is 7.11 Å². The average molecular weight is 263 g/mol. The molecule has 3 nitrogen and oxygen atoms in total. The summed E-state index contributed by atoms with van der Waals surface area (Å²) in [6, 6.07) is 8.81. The molecule has 0 amide bonds. The first-order chi connectivity index (χ1) is 9.29. The van der Waals surface area contributed by atoms with Crippen molar-refractivity contribution in [2.75, 3.05) is 20.3 Å². The maximum absolute atomic E-state index is 5.97. The zero-order valence-corrected chi connectivity index (χ0v) is 12.0. The van der Waals surface area contributed by atoms with Gasteiger partial charge in [-0.3, -0.25) is 0 Å². The molecule has 106 valence electrons. The Labute approximate surface area is 116 Å². The van der Waals surface area contributed by atoms with E-state index in [2.05, 4.69) is 36.5 Å². The highest BCUT2D eigenvalue weighted by atomic mass is 16.5. The van der Waals surface area contributed by atoms with E-state index in [0.29, 0.717) is 12.1 Å². The van der Waals surface area contributed by atoms with Crippen LogP contribution in [0.15, 0.2) is 24.3 Å². The van der Waals surface area contributed by atoms with Gasteiger partial charge in [0.2, 0.25) is 0 Å². The van der Waals surface area contributed by atoms with Crippen molar-refractivity contribution in [3.63, 3.8) is 0 Å². The summed E-state index contributed by atoms with van der Waals surface area (Å²) < 4.78 is 11.0. The van der Waals surface area contributed by atoms with Gasteiger partial charge in [-0.15, -0.1) is 0 Å². The van der Waals surface area contributed by atoms with E-state index < -0.39 is 0 Å². The molecule has 1 fully saturated rings. The quantitative estimate of drug-likeness (QED) is 0.766. The Morgan fingerprint density at radius 2 is 1.89 bits per heavy atom. The first-order valence-electron chi connectivity index (χ1n) is 7.28. The van der Waals surface area contributed by atoms with Gasteiger partial charge < -0.3 is 14.8 Å². The summed E-state index contributed by atoms with van der Waals surface area (Å²) in [5.41, 5.74) is 1.29. The summed E-state index contributed by atoms with van der Waals surface area (Å²) in [5.74, 6) is 1.000. The topological polar surface area (TPSA) is 30.5 Å². The number of methoxy groups -OCH3 is 1. The molecule has 1 atom stereocenters. The number of nitrogens with one attached hydrogen (secondary N) is 1. The summed E-state index contributed by atoms with van der Waals surface area (Å²) in [5, 5.41) is 3.43. The minimum Gasteiger partial charge on any atom is -0.490 e. The molecule has 1 aromatic rings. The molecule has 1 saturated carbocycles. The highest BCUT2D eigenvalue weighted by Crippen LogP contribution is 2.25. The second-order valence-corrected chi connectivity index (χ2v) is 5.26. The Balaban J connectivity index is 1.82. The van der Waals surface area contributed by atoms with Crippen LogP contribution in [0.2, 0.25) is 0 Å². The van der Waals surface area contributed by atoms with Crippen molar-refractivity contribution in [2.24, 2.45) is 0 Å². The second-order valence-electron chi connectivity index (χ2n) is 5.26. The molecule has 0 heterocycles. The van der Waals surface area contributed by atoms with Crippen molar-refractivity contribution >= 4 is 0 Å². The van der Waals surface area contributed by atoms with Crippen LogP contribution in [0.3, 0.4) is 0 Å². The van der Waals surface area contributed by atoms with Crippen LogP contribution in [0.25, 0.3) is 0 Å². The van der Waals surface area contributed by atoms with Crippen molar-refractivity contribution < 1.29 is 9.47 Å². The zero-order chi connectivity index (χ0) is 13.5. The van der Waals surface area contributed by atoms with Crippen molar-refractivity contribution in [3.8, 4) is 5.75 Å². The summed E-state index contributed by atoms with van der Waals surface area (Å²) >= 11 is 0. The van der Waals surface area contributed by atoms with Crippen molar-refractivity contribution in [2.45, 2.75) is 44.8 Å². The molecule has 3 heteroatoms. The lowest BCUT2D eigenvalue weighted by Crippen LogP contribution is -2.22. The van der Waals surface area contributed by atoms with E-state index in [-0.39, 0.29) is 0 Å². The molecule has 0 aliphatic heterocycles. The third-order valence-electron chi connectivity index (χ3n) is 3.74. The first-order valence-corrected chi connectivity index (χ1v) is 7.28. The van der Waals surface area contributed by atoms with Gasteiger partial charge in [-0.2, -0.15) is 0 Å². The van der Waals surface area contributed by atoms with E-state index in [4.69, 9.17) is 9.47 Å². The first kappa shape index (κ1) is 14.4. The largest absolute Gasteiger partial charge is 0.490 e. The normalized spacial score (nSPS) is 17.6. The van der Waals surface area contributed by atoms with Gasteiger partial charge >= 0.3 is 0 Å². The molecule has 0 aromatic heterocycles. The van der Waals surface area contributed by atoms with E-state index >= 15 is 0 Å². The Morgan fingerprint density at radius 1 is 1.21 bits per heavy atom. The predicted octanol–water partition coefficient (Wildman–Crippen LogP) is 3.31. The van der Waals surface area contributed by atoms with Crippen molar-refractivity contribution in [1.29, 1.82) is 0 Å². The lowest BCUT2D eigenvalue weighted by Gasteiger charge is -2.16. The van der Waals surface area contributed by atoms with E-state index in [1.807, 2.05) is 0 Å². The summed E-state index contributed by atoms with van der Waals surface area (Å²) in [4.78, 5) is 0. The van der Waals surface area contributed by atoms with Crippen molar-refractivity contribution in [3.05, 3.63) is 29.8 Å². The van der Waals surface area contributed by atoms with Gasteiger partial charge in [-0.1, -0.05) is 12.1 Å². The van der Waals surface area contributed by atoms with Gasteiger partial charge in [0.15, 0.2) is 0 Å². The second kappa shape index (κ2) is 7.51. The van der Waals surface area contributed by atoms with Gasteiger partial charge in [-0.25, -0.2) is 0 Å². The van der Waals surface area contributed by atoms with E-state index in [0.717, 1.165) is 18.9 Å². The summed E-state index contributed by atoms with van der Waals surface area (Å²) in [7, 11) is 1.72. The molecule has 19 heavy (non-hydrogen) atoms. The molecule has 1 aromatic carbocycles. The molecule has 0 radical (unpaired) electrons. The third kappa shape index (κ3) is 4.51. The Hall–Kier alpha value is -1.06. The summed E-state index contributed by atoms with van der Waals surface area (Å²) in [6.45, 7) is 3.79. The molecule has 1 N–H and O–H groups in total. The maximum Gasteiger partial charge on any atom is 0.119 e. The molecule has 1 aliphatic carbocycles. The van der Waals surface area contributed by atoms with Crippen LogP contribution in [-0.2, 0) is 4.74 Å². The summed E-state index contributed by atoms with van der Waals surface area (Å²) in [6.07, 6.45) is 5.46. The fourth-order valence-corrected chi connectivity index (χ4v) is 2.53. The Kier molecular flexibility index (Phi) is 5.67. The lowest BCUT2D eigenvalue weighted by atomic mass is 10.1. The van der Waals surface area contributed by atoms with Gasteiger partial charge in [0, 0.05) is 19.7 Å². The monoisotopic (exact) mass is 263 g/mol. The molecule has 0 unspecified atom stereocenters. The highest BCUT2D eigenvalue weighted by Gasteiger charge is 2.16. The fraction of sp³-hybridized carbons (Fsp3) is 0.625. The van der Waals surface area contributed by atoms with Crippen molar-refractivity contribution in [1.82, 2.24) is 5.32 Å². The van der Waals surface area contributed by atoms with Crippen LogP contribution in [-0.4, -0.2) is 26.4 Å². The van der Waals surface area contributed by atoms with Gasteiger partial charge in [-0.05, 0) is 50.3 Å². The minimum atomic E-state index is 0.343. The number of hydrogen-bond acceptors (Lipinski definition) is 3. The fourth-order valence-electron chi connectivity index (χ4n) is 2.53. The molecule has 0 spiro atoms. The van der Waals surface area contributed by atoms with E-state index in [9.17, 15) is 0 Å². The molecular formula is C16H25NO2. The lowest BCUT2D eigenvalue weighted by molar-refractivity contribution is 0.196. The van der Waals surface area contributed by atoms with Crippen LogP contribution >= 0.6 is 0 Å². The Morgan fingerprint density at radius 3 is 2.53 bits per heavy atom. The van der Waals surface area contributed by atoms with Crippen LogP contribution in [0.4, 0.5) is 0 Å². The smallest absolute Gasteiger partial charge is 0.119 e. The van der Waals surface area contributed by atoms with E-state index in [1.165, 1.54) is 31.2 Å². The standard InChI is InChI=1S/C16H25NO2/c1-13(17-11-12-18-2)14-7-9-16(10-8-14)19-15-5-3-4-6-15/h7-10,13,15,17H,3-6,11-12H2,1-2H3/t13-/m0/s1. The van der Waals surface area contributed by atoms with Gasteiger partial charge in [0.1, 0.15) is 5.75 Å². The van der Waals surface area contributed by atoms with Gasteiger partial charge in [0.25, 0.3) is 0 Å².